The highest BCUT2D eigenvalue weighted by atomic mass is 32.1. The first-order valence-corrected chi connectivity index (χ1v) is 9.64. The smallest absolute Gasteiger partial charge is 0.232 e. The Labute approximate surface area is 154 Å². The monoisotopic (exact) mass is 367 g/mol. The van der Waals surface area contributed by atoms with Crippen LogP contribution in [0.25, 0.3) is 21.3 Å². The molecule has 132 valence electrons. The van der Waals surface area contributed by atoms with Crippen LogP contribution in [0.2, 0.25) is 0 Å². The minimum Gasteiger partial charge on any atom is -0.384 e. The van der Waals surface area contributed by atoms with E-state index in [0.717, 1.165) is 23.2 Å². The van der Waals surface area contributed by atoms with Crippen LogP contribution in [0.15, 0.2) is 30.3 Å². The fraction of sp³-hybridized carbons (Fsp3) is 0.300. The van der Waals surface area contributed by atoms with Crippen molar-refractivity contribution in [1.29, 1.82) is 0 Å². The third-order valence-corrected chi connectivity index (χ3v) is 6.10. The topological polar surface area (TPSA) is 54.0 Å². The molecule has 2 aromatic carbocycles. The molecule has 1 aliphatic heterocycles. The molecule has 2 N–H and O–H groups in total. The summed E-state index contributed by atoms with van der Waals surface area (Å²) in [6, 6.07) is 10.5. The highest BCUT2D eigenvalue weighted by Gasteiger charge is 2.43. The van der Waals surface area contributed by atoms with Crippen molar-refractivity contribution < 1.29 is 9.18 Å². The second-order valence-corrected chi connectivity index (χ2v) is 8.04. The predicted octanol–water partition coefficient (Wildman–Crippen LogP) is 4.54. The van der Waals surface area contributed by atoms with Crippen LogP contribution < -0.4 is 10.6 Å². The highest BCUT2D eigenvalue weighted by molar-refractivity contribution is 7.22. The summed E-state index contributed by atoms with van der Waals surface area (Å²) in [6.45, 7) is 3.11. The number of alkyl halides is 1. The van der Waals surface area contributed by atoms with E-state index in [1.165, 1.54) is 39.3 Å². The lowest BCUT2D eigenvalue weighted by molar-refractivity contribution is -0.117. The number of carbonyl (C=O) groups excluding carboxylic acids is 1. The van der Waals surface area contributed by atoms with Gasteiger partial charge >= 0.3 is 0 Å². The molecular formula is C20H18FN3OS. The molecule has 0 bridgehead atoms. The van der Waals surface area contributed by atoms with Crippen LogP contribution in [0.4, 0.5) is 15.2 Å². The van der Waals surface area contributed by atoms with Gasteiger partial charge in [0.15, 0.2) is 5.13 Å². The van der Waals surface area contributed by atoms with Gasteiger partial charge < -0.3 is 10.6 Å². The first-order chi connectivity index (χ1) is 12.6. The number of hydrogen-bond donors (Lipinski definition) is 2. The van der Waals surface area contributed by atoms with Crippen molar-refractivity contribution in [3.8, 4) is 11.1 Å². The number of halogens is 1. The second-order valence-electron chi connectivity index (χ2n) is 7.01. The van der Waals surface area contributed by atoms with E-state index in [1.807, 2.05) is 6.07 Å². The summed E-state index contributed by atoms with van der Waals surface area (Å²) in [5, 5.41) is 6.73. The molecule has 3 aromatic rings. The zero-order valence-electron chi connectivity index (χ0n) is 14.3. The maximum atomic E-state index is 13.0. The number of nitrogens with one attached hydrogen (secondary N) is 2. The van der Waals surface area contributed by atoms with Gasteiger partial charge in [-0.1, -0.05) is 23.5 Å². The normalized spacial score (nSPS) is 20.7. The maximum absolute atomic E-state index is 13.0. The molecule has 2 aliphatic rings. The predicted molar refractivity (Wildman–Crippen MR) is 104 cm³/mol. The Kier molecular flexibility index (Phi) is 3.50. The molecule has 2 heterocycles. The second kappa shape index (κ2) is 5.77. The molecule has 0 saturated heterocycles. The fourth-order valence-electron chi connectivity index (χ4n) is 3.68. The molecule has 1 aliphatic carbocycles. The van der Waals surface area contributed by atoms with Gasteiger partial charge in [0.05, 0.1) is 16.1 Å². The van der Waals surface area contributed by atoms with Gasteiger partial charge in [-0.15, -0.1) is 0 Å². The summed E-state index contributed by atoms with van der Waals surface area (Å²) in [4.78, 5) is 16.4. The number of rotatable bonds is 3. The van der Waals surface area contributed by atoms with Gasteiger partial charge in [0.1, 0.15) is 6.17 Å². The van der Waals surface area contributed by atoms with Gasteiger partial charge in [-0.25, -0.2) is 9.37 Å². The third kappa shape index (κ3) is 2.56. The van der Waals surface area contributed by atoms with Gasteiger partial charge in [0.25, 0.3) is 0 Å². The minimum atomic E-state index is -0.993. The Bertz CT molecular complexity index is 1040. The highest BCUT2D eigenvalue weighted by Crippen LogP contribution is 2.39. The van der Waals surface area contributed by atoms with E-state index in [2.05, 4.69) is 46.8 Å². The Morgan fingerprint density at radius 2 is 2.19 bits per heavy atom. The summed E-state index contributed by atoms with van der Waals surface area (Å²) in [7, 11) is 0. The lowest BCUT2D eigenvalue weighted by Gasteiger charge is -2.12. The summed E-state index contributed by atoms with van der Waals surface area (Å²) in [6.07, 6.45) is 0.362. The average molecular weight is 367 g/mol. The van der Waals surface area contributed by atoms with Crippen LogP contribution >= 0.6 is 11.3 Å². The number of anilines is 2. The fourth-order valence-corrected chi connectivity index (χ4v) is 4.59. The number of nitrogens with zero attached hydrogens (tertiary/aromatic N) is 1. The van der Waals surface area contributed by atoms with Gasteiger partial charge in [-0.2, -0.15) is 0 Å². The standard InChI is InChI=1S/C20H18FN3OS/c1-10-2-4-15-12(6-7-22-15)18(10)11-3-5-16-17(8-11)26-20(23-16)24-19(25)13-9-14(13)21/h2-5,8,13-14,22H,6-7,9H2,1H3,(H,23,24,25). The van der Waals surface area contributed by atoms with Gasteiger partial charge in [0.2, 0.25) is 5.91 Å². The van der Waals surface area contributed by atoms with Crippen LogP contribution in [0.1, 0.15) is 17.5 Å². The van der Waals surface area contributed by atoms with Crippen molar-refractivity contribution >= 4 is 38.3 Å². The molecule has 1 saturated carbocycles. The van der Waals surface area contributed by atoms with Crippen LogP contribution in [0, 0.1) is 12.8 Å². The Hall–Kier alpha value is -2.47. The van der Waals surface area contributed by atoms with Gasteiger partial charge in [0, 0.05) is 12.2 Å². The zero-order chi connectivity index (χ0) is 17.8. The molecule has 1 aromatic heterocycles. The van der Waals surface area contributed by atoms with E-state index in [9.17, 15) is 9.18 Å². The summed E-state index contributed by atoms with van der Waals surface area (Å²) in [5.74, 6) is -0.765. The van der Waals surface area contributed by atoms with Crippen molar-refractivity contribution in [2.45, 2.75) is 25.9 Å². The van der Waals surface area contributed by atoms with Crippen molar-refractivity contribution in [2.75, 3.05) is 17.2 Å². The van der Waals surface area contributed by atoms with Crippen molar-refractivity contribution in [3.05, 3.63) is 41.5 Å². The molecule has 4 nitrogen and oxygen atoms in total. The van der Waals surface area contributed by atoms with Crippen molar-refractivity contribution in [3.63, 3.8) is 0 Å². The Balaban J connectivity index is 1.51. The number of hydrogen-bond acceptors (Lipinski definition) is 4. The minimum absolute atomic E-state index is 0.264. The quantitative estimate of drug-likeness (QED) is 0.715. The molecule has 0 radical (unpaired) electrons. The molecule has 2 atom stereocenters. The number of aryl methyl sites for hydroxylation is 1. The molecular weight excluding hydrogens is 349 g/mol. The average Bonchev–Trinajstić information content (AvgIpc) is 3.02. The van der Waals surface area contributed by atoms with E-state index in [0.29, 0.717) is 11.6 Å². The van der Waals surface area contributed by atoms with E-state index >= 15 is 0 Å². The van der Waals surface area contributed by atoms with Crippen LogP contribution in [-0.4, -0.2) is 23.6 Å². The van der Waals surface area contributed by atoms with Gasteiger partial charge in [-0.3, -0.25) is 4.79 Å². The third-order valence-electron chi connectivity index (χ3n) is 5.17. The van der Waals surface area contributed by atoms with E-state index in [1.54, 1.807) is 0 Å². The number of amides is 1. The number of fused-ring (bicyclic) bond motifs is 2. The number of thiazole rings is 1. The number of aromatic nitrogens is 1. The lowest BCUT2D eigenvalue weighted by atomic mass is 9.93. The van der Waals surface area contributed by atoms with Crippen LogP contribution in [-0.2, 0) is 11.2 Å². The molecule has 2 unspecified atom stereocenters. The molecule has 5 rings (SSSR count). The SMILES string of the molecule is Cc1ccc2c(c1-c1ccc3nc(NC(=O)C4CC4F)sc3c1)CCN2. The van der Waals surface area contributed by atoms with Crippen molar-refractivity contribution in [2.24, 2.45) is 5.92 Å². The maximum Gasteiger partial charge on any atom is 0.232 e. The molecule has 6 heteroatoms. The first kappa shape index (κ1) is 15.8. The summed E-state index contributed by atoms with van der Waals surface area (Å²) in [5.41, 5.74) is 7.14. The Morgan fingerprint density at radius 3 is 3.00 bits per heavy atom. The Morgan fingerprint density at radius 1 is 1.35 bits per heavy atom. The van der Waals surface area contributed by atoms with Crippen LogP contribution in [0.5, 0.6) is 0 Å². The first-order valence-electron chi connectivity index (χ1n) is 8.82. The molecule has 1 amide bonds. The largest absolute Gasteiger partial charge is 0.384 e. The number of benzene rings is 2. The summed E-state index contributed by atoms with van der Waals surface area (Å²) >= 11 is 1.44. The van der Waals surface area contributed by atoms with Crippen LogP contribution in [0.3, 0.4) is 0 Å². The van der Waals surface area contributed by atoms with Crippen molar-refractivity contribution in [1.82, 2.24) is 4.98 Å². The van der Waals surface area contributed by atoms with Gasteiger partial charge in [-0.05, 0) is 60.2 Å². The molecule has 26 heavy (non-hydrogen) atoms. The van der Waals surface area contributed by atoms with E-state index < -0.39 is 12.1 Å². The zero-order valence-corrected chi connectivity index (χ0v) is 15.1. The summed E-state index contributed by atoms with van der Waals surface area (Å²) < 4.78 is 14.1. The van der Waals surface area contributed by atoms with E-state index in [4.69, 9.17) is 0 Å². The number of carbonyl (C=O) groups is 1. The van der Waals surface area contributed by atoms with E-state index in [-0.39, 0.29) is 5.91 Å². The lowest BCUT2D eigenvalue weighted by Crippen LogP contribution is -2.14. The molecule has 1 fully saturated rings. The molecule has 0 spiro atoms.